The van der Waals surface area contributed by atoms with Crippen LogP contribution in [0.25, 0.3) is 0 Å². The van der Waals surface area contributed by atoms with Gasteiger partial charge in [0.2, 0.25) is 0 Å². The Morgan fingerprint density at radius 2 is 1.87 bits per heavy atom. The summed E-state index contributed by atoms with van der Waals surface area (Å²) in [5.74, 6) is 1.27. The maximum Gasteiger partial charge on any atom is 0.294 e. The summed E-state index contributed by atoms with van der Waals surface area (Å²) < 4.78 is 0. The molecule has 5 unspecified atom stereocenters. The standard InChI is InChI=1S/C18H34N2O3/c1-4-14-9-17(6-3)10-15(7-8-19)12-18(11-14,13-17)16(5-2)23-20(21)22/h14-16H,4-13,19H2,1-3H3. The lowest BCUT2D eigenvalue weighted by Gasteiger charge is -2.59. The summed E-state index contributed by atoms with van der Waals surface area (Å²) >= 11 is 0. The van der Waals surface area contributed by atoms with Crippen LogP contribution >= 0.6 is 0 Å². The van der Waals surface area contributed by atoms with E-state index < -0.39 is 5.09 Å². The first kappa shape index (κ1) is 18.5. The van der Waals surface area contributed by atoms with Gasteiger partial charge in [0.15, 0.2) is 0 Å². The van der Waals surface area contributed by atoms with Gasteiger partial charge in [-0.05, 0) is 74.2 Å². The van der Waals surface area contributed by atoms with E-state index in [-0.39, 0.29) is 11.5 Å². The van der Waals surface area contributed by atoms with Crippen LogP contribution in [0.1, 0.15) is 78.6 Å². The zero-order chi connectivity index (χ0) is 17.1. The Bertz CT molecular complexity index is 417. The van der Waals surface area contributed by atoms with Crippen molar-refractivity contribution < 1.29 is 9.92 Å². The summed E-state index contributed by atoms with van der Waals surface area (Å²) in [5, 5.41) is 10.5. The highest BCUT2D eigenvalue weighted by Crippen LogP contribution is 2.63. The predicted octanol–water partition coefficient (Wildman–Crippen LogP) is 4.33. The smallest absolute Gasteiger partial charge is 0.294 e. The van der Waals surface area contributed by atoms with Crippen LogP contribution in [-0.4, -0.2) is 17.7 Å². The maximum absolute atomic E-state index is 11.0. The third kappa shape index (κ3) is 3.81. The van der Waals surface area contributed by atoms with Crippen molar-refractivity contribution in [3.63, 3.8) is 0 Å². The van der Waals surface area contributed by atoms with Crippen LogP contribution in [0.15, 0.2) is 0 Å². The molecule has 5 nitrogen and oxygen atoms in total. The fourth-order valence-electron chi connectivity index (χ4n) is 5.96. The summed E-state index contributed by atoms with van der Waals surface area (Å²) in [4.78, 5) is 16.3. The summed E-state index contributed by atoms with van der Waals surface area (Å²) in [5.41, 5.74) is 6.15. The first-order valence-corrected chi connectivity index (χ1v) is 9.43. The van der Waals surface area contributed by atoms with Gasteiger partial charge in [-0.1, -0.05) is 33.6 Å². The van der Waals surface area contributed by atoms with E-state index in [9.17, 15) is 10.1 Å². The molecule has 0 aromatic heterocycles. The number of fused-ring (bicyclic) bond motifs is 2. The summed E-state index contributed by atoms with van der Waals surface area (Å²) in [7, 11) is 0. The molecule has 5 atom stereocenters. The summed E-state index contributed by atoms with van der Waals surface area (Å²) in [6.07, 6.45) is 9.57. The fraction of sp³-hybridized carbons (Fsp3) is 1.00. The Labute approximate surface area is 140 Å². The third-order valence-corrected chi connectivity index (χ3v) is 6.73. The van der Waals surface area contributed by atoms with Crippen molar-refractivity contribution in [2.24, 2.45) is 28.4 Å². The molecule has 0 amide bonds. The molecule has 0 aliphatic heterocycles. The molecule has 2 fully saturated rings. The highest BCUT2D eigenvalue weighted by molar-refractivity contribution is 5.05. The molecule has 0 heterocycles. The lowest BCUT2D eigenvalue weighted by molar-refractivity contribution is -0.773. The van der Waals surface area contributed by atoms with Crippen molar-refractivity contribution in [2.45, 2.75) is 84.7 Å². The van der Waals surface area contributed by atoms with Gasteiger partial charge in [0.05, 0.1) is 0 Å². The van der Waals surface area contributed by atoms with E-state index in [1.54, 1.807) is 0 Å². The predicted molar refractivity (Wildman–Crippen MR) is 91.3 cm³/mol. The lowest BCUT2D eigenvalue weighted by atomic mass is 9.47. The molecule has 0 spiro atoms. The highest BCUT2D eigenvalue weighted by Gasteiger charge is 2.55. The molecule has 2 rings (SSSR count). The minimum Gasteiger partial charge on any atom is -0.330 e. The molecule has 2 N–H and O–H groups in total. The normalized spacial score (nSPS) is 38.1. The summed E-state index contributed by atoms with van der Waals surface area (Å²) in [6, 6.07) is 0. The number of nitrogens with two attached hydrogens (primary N) is 1. The van der Waals surface area contributed by atoms with E-state index in [2.05, 4.69) is 13.8 Å². The van der Waals surface area contributed by atoms with Crippen LogP contribution < -0.4 is 5.73 Å². The first-order chi connectivity index (χ1) is 10.9. The van der Waals surface area contributed by atoms with Crippen molar-refractivity contribution in [3.8, 4) is 0 Å². The van der Waals surface area contributed by atoms with E-state index in [0.29, 0.717) is 30.2 Å². The zero-order valence-corrected chi connectivity index (χ0v) is 15.1. The van der Waals surface area contributed by atoms with Gasteiger partial charge in [-0.3, -0.25) is 0 Å². The van der Waals surface area contributed by atoms with Crippen molar-refractivity contribution >= 4 is 0 Å². The molecule has 0 saturated heterocycles. The minimum atomic E-state index is -0.571. The SMILES string of the molecule is CCC1CC2(CC)CC(CCN)CC(C(CC)O[N+](=O)[O-])(C1)C2. The van der Waals surface area contributed by atoms with Crippen LogP contribution in [0.3, 0.4) is 0 Å². The highest BCUT2D eigenvalue weighted by atomic mass is 17.0. The monoisotopic (exact) mass is 326 g/mol. The second kappa shape index (κ2) is 7.37. The van der Waals surface area contributed by atoms with E-state index in [4.69, 9.17) is 10.6 Å². The molecule has 2 bridgehead atoms. The Morgan fingerprint density at radius 3 is 2.39 bits per heavy atom. The Balaban J connectivity index is 2.35. The van der Waals surface area contributed by atoms with Gasteiger partial charge in [-0.15, -0.1) is 10.1 Å². The molecule has 2 saturated carbocycles. The molecule has 0 aromatic carbocycles. The summed E-state index contributed by atoms with van der Waals surface area (Å²) in [6.45, 7) is 7.29. The molecule has 5 heteroatoms. The minimum absolute atomic E-state index is 0.0329. The van der Waals surface area contributed by atoms with Crippen molar-refractivity contribution in [1.82, 2.24) is 0 Å². The van der Waals surface area contributed by atoms with Crippen molar-refractivity contribution in [1.29, 1.82) is 0 Å². The van der Waals surface area contributed by atoms with Gasteiger partial charge >= 0.3 is 0 Å². The molecule has 134 valence electrons. The number of hydrogen-bond donors (Lipinski definition) is 1. The number of hydrogen-bond acceptors (Lipinski definition) is 4. The van der Waals surface area contributed by atoms with Gasteiger partial charge < -0.3 is 10.6 Å². The molecular weight excluding hydrogens is 292 g/mol. The van der Waals surface area contributed by atoms with Gasteiger partial charge in [0, 0.05) is 0 Å². The van der Waals surface area contributed by atoms with Crippen LogP contribution in [0.4, 0.5) is 0 Å². The Hall–Kier alpha value is -0.840. The topological polar surface area (TPSA) is 78.4 Å². The Kier molecular flexibility index (Phi) is 5.93. The molecule has 0 radical (unpaired) electrons. The van der Waals surface area contributed by atoms with Crippen LogP contribution in [0.2, 0.25) is 0 Å². The van der Waals surface area contributed by atoms with E-state index in [0.717, 1.165) is 25.7 Å². The van der Waals surface area contributed by atoms with E-state index in [1.807, 2.05) is 6.92 Å². The zero-order valence-electron chi connectivity index (χ0n) is 15.1. The van der Waals surface area contributed by atoms with Gasteiger partial charge in [-0.2, -0.15) is 0 Å². The quantitative estimate of drug-likeness (QED) is 0.532. The first-order valence-electron chi connectivity index (χ1n) is 9.43. The van der Waals surface area contributed by atoms with Gasteiger partial charge in [-0.25, -0.2) is 0 Å². The second-order valence-electron chi connectivity index (χ2n) is 8.15. The van der Waals surface area contributed by atoms with E-state index in [1.165, 1.54) is 25.7 Å². The molecular formula is C18H34N2O3. The lowest BCUT2D eigenvalue weighted by Crippen LogP contribution is -2.53. The van der Waals surface area contributed by atoms with Crippen LogP contribution in [0.5, 0.6) is 0 Å². The largest absolute Gasteiger partial charge is 0.330 e. The van der Waals surface area contributed by atoms with Crippen LogP contribution in [0, 0.1) is 32.8 Å². The van der Waals surface area contributed by atoms with Gasteiger partial charge in [0.1, 0.15) is 6.10 Å². The number of nitrogens with zero attached hydrogens (tertiary/aromatic N) is 1. The molecule has 0 aromatic rings. The number of rotatable bonds is 8. The average Bonchev–Trinajstić information content (AvgIpc) is 2.51. The van der Waals surface area contributed by atoms with Crippen molar-refractivity contribution in [2.75, 3.05) is 6.54 Å². The maximum atomic E-state index is 11.0. The van der Waals surface area contributed by atoms with E-state index >= 15 is 0 Å². The molecule has 2 aliphatic rings. The fourth-order valence-corrected chi connectivity index (χ4v) is 5.96. The third-order valence-electron chi connectivity index (χ3n) is 6.73. The molecule has 2 aliphatic carbocycles. The second-order valence-corrected chi connectivity index (χ2v) is 8.15. The molecule has 23 heavy (non-hydrogen) atoms. The van der Waals surface area contributed by atoms with Crippen molar-refractivity contribution in [3.05, 3.63) is 10.1 Å². The van der Waals surface area contributed by atoms with Crippen LogP contribution in [-0.2, 0) is 4.84 Å². The Morgan fingerprint density at radius 1 is 1.22 bits per heavy atom. The average molecular weight is 326 g/mol. The van der Waals surface area contributed by atoms with Gasteiger partial charge in [0.25, 0.3) is 5.09 Å².